The van der Waals surface area contributed by atoms with Crippen LogP contribution in [0, 0.1) is 0 Å². The average molecular weight is 395 g/mol. The first-order chi connectivity index (χ1) is 12.6. The minimum absolute atomic E-state index is 0.0608. The van der Waals surface area contributed by atoms with E-state index in [0.29, 0.717) is 28.9 Å². The predicted octanol–water partition coefficient (Wildman–Crippen LogP) is 3.73. The molecule has 0 aromatic heterocycles. The summed E-state index contributed by atoms with van der Waals surface area (Å²) in [5.74, 6) is 1.19. The zero-order valence-electron chi connectivity index (χ0n) is 14.5. The van der Waals surface area contributed by atoms with Crippen LogP contribution in [0.4, 0.5) is 5.69 Å². The summed E-state index contributed by atoms with van der Waals surface area (Å²) in [4.78, 5) is 16.4. The molecule has 7 heteroatoms. The molecular weight excluding hydrogens is 375 g/mol. The van der Waals surface area contributed by atoms with Gasteiger partial charge < -0.3 is 19.3 Å². The van der Waals surface area contributed by atoms with Crippen molar-refractivity contribution >= 4 is 34.8 Å². The predicted molar refractivity (Wildman–Crippen MR) is 104 cm³/mol. The lowest BCUT2D eigenvalue weighted by atomic mass is 10.2. The molecule has 0 radical (unpaired) electrons. The summed E-state index contributed by atoms with van der Waals surface area (Å²) in [7, 11) is 1.66. The molecule has 3 rings (SSSR count). The SMILES string of the molecule is COc1ccccc1N1CCN(C(=O)COc2cccc(Cl)c2Cl)CC1. The summed E-state index contributed by atoms with van der Waals surface area (Å²) in [6.07, 6.45) is 0. The first-order valence-electron chi connectivity index (χ1n) is 8.32. The van der Waals surface area contributed by atoms with Crippen LogP contribution in [0.15, 0.2) is 42.5 Å². The van der Waals surface area contributed by atoms with Crippen LogP contribution in [-0.2, 0) is 4.79 Å². The zero-order valence-corrected chi connectivity index (χ0v) is 16.0. The number of halogens is 2. The highest BCUT2D eigenvalue weighted by molar-refractivity contribution is 6.42. The van der Waals surface area contributed by atoms with E-state index < -0.39 is 0 Å². The molecular formula is C19H20Cl2N2O3. The van der Waals surface area contributed by atoms with Gasteiger partial charge in [0, 0.05) is 26.2 Å². The number of hydrogen-bond donors (Lipinski definition) is 0. The van der Waals surface area contributed by atoms with E-state index in [1.165, 1.54) is 0 Å². The van der Waals surface area contributed by atoms with Crippen LogP contribution >= 0.6 is 23.2 Å². The van der Waals surface area contributed by atoms with Crippen LogP contribution in [-0.4, -0.2) is 50.7 Å². The number of rotatable bonds is 5. The average Bonchev–Trinajstić information content (AvgIpc) is 2.69. The second kappa shape index (κ2) is 8.52. The number of benzene rings is 2. The Bertz CT molecular complexity index is 777. The van der Waals surface area contributed by atoms with Gasteiger partial charge in [-0.25, -0.2) is 0 Å². The number of ether oxygens (including phenoxy) is 2. The monoisotopic (exact) mass is 394 g/mol. The Labute approximate surface area is 163 Å². The van der Waals surface area contributed by atoms with Crippen LogP contribution < -0.4 is 14.4 Å². The fourth-order valence-electron chi connectivity index (χ4n) is 2.91. The molecule has 0 spiro atoms. The number of carbonyl (C=O) groups is 1. The number of carbonyl (C=O) groups excluding carboxylic acids is 1. The van der Waals surface area contributed by atoms with E-state index in [1.54, 1.807) is 30.2 Å². The third-order valence-electron chi connectivity index (χ3n) is 4.33. The number of para-hydroxylation sites is 2. The molecule has 1 amide bonds. The third kappa shape index (κ3) is 4.17. The van der Waals surface area contributed by atoms with Gasteiger partial charge in [0.1, 0.15) is 16.5 Å². The van der Waals surface area contributed by atoms with Gasteiger partial charge in [0.05, 0.1) is 17.8 Å². The van der Waals surface area contributed by atoms with Gasteiger partial charge in [-0.05, 0) is 24.3 Å². The van der Waals surface area contributed by atoms with E-state index >= 15 is 0 Å². The minimum Gasteiger partial charge on any atom is -0.495 e. The van der Waals surface area contributed by atoms with Crippen molar-refractivity contribution in [2.24, 2.45) is 0 Å². The Morgan fingerprint density at radius 2 is 1.69 bits per heavy atom. The van der Waals surface area contributed by atoms with Crippen molar-refractivity contribution in [3.8, 4) is 11.5 Å². The molecule has 0 unspecified atom stereocenters. The standard InChI is InChI=1S/C19H20Cl2N2O3/c1-25-16-7-3-2-6-15(16)22-9-11-23(12-10-22)18(24)13-26-17-8-4-5-14(20)19(17)21/h2-8H,9-13H2,1H3. The molecule has 26 heavy (non-hydrogen) atoms. The molecule has 0 atom stereocenters. The van der Waals surface area contributed by atoms with Crippen molar-refractivity contribution in [3.63, 3.8) is 0 Å². The molecule has 1 aliphatic heterocycles. The van der Waals surface area contributed by atoms with Crippen molar-refractivity contribution in [1.29, 1.82) is 0 Å². The van der Waals surface area contributed by atoms with Crippen LogP contribution in [0.5, 0.6) is 11.5 Å². The highest BCUT2D eigenvalue weighted by Crippen LogP contribution is 2.31. The lowest BCUT2D eigenvalue weighted by molar-refractivity contribution is -0.133. The molecule has 1 heterocycles. The fraction of sp³-hybridized carbons (Fsp3) is 0.316. The maximum absolute atomic E-state index is 12.4. The van der Waals surface area contributed by atoms with Crippen molar-refractivity contribution in [1.82, 2.24) is 4.90 Å². The van der Waals surface area contributed by atoms with Gasteiger partial charge in [-0.1, -0.05) is 41.4 Å². The molecule has 1 saturated heterocycles. The highest BCUT2D eigenvalue weighted by atomic mass is 35.5. The Balaban J connectivity index is 1.54. The van der Waals surface area contributed by atoms with E-state index in [4.69, 9.17) is 32.7 Å². The third-order valence-corrected chi connectivity index (χ3v) is 5.13. The van der Waals surface area contributed by atoms with Gasteiger partial charge in [0.25, 0.3) is 5.91 Å². The molecule has 1 aliphatic rings. The lowest BCUT2D eigenvalue weighted by Gasteiger charge is -2.36. The van der Waals surface area contributed by atoms with E-state index in [0.717, 1.165) is 24.5 Å². The van der Waals surface area contributed by atoms with Gasteiger partial charge in [-0.2, -0.15) is 0 Å². The summed E-state index contributed by atoms with van der Waals surface area (Å²) in [6, 6.07) is 13.0. The molecule has 2 aromatic rings. The largest absolute Gasteiger partial charge is 0.495 e. The van der Waals surface area contributed by atoms with Gasteiger partial charge in [0.2, 0.25) is 0 Å². The Kier molecular flexibility index (Phi) is 6.12. The molecule has 1 fully saturated rings. The van der Waals surface area contributed by atoms with Crippen molar-refractivity contribution in [2.75, 3.05) is 44.8 Å². The zero-order chi connectivity index (χ0) is 18.5. The van der Waals surface area contributed by atoms with Crippen LogP contribution in [0.1, 0.15) is 0 Å². The van der Waals surface area contributed by atoms with Crippen molar-refractivity contribution < 1.29 is 14.3 Å². The molecule has 138 valence electrons. The number of amides is 1. The Morgan fingerprint density at radius 1 is 1.00 bits per heavy atom. The van der Waals surface area contributed by atoms with Crippen LogP contribution in [0.25, 0.3) is 0 Å². The minimum atomic E-state index is -0.0688. The molecule has 0 N–H and O–H groups in total. The van der Waals surface area contributed by atoms with Gasteiger partial charge in [0.15, 0.2) is 6.61 Å². The number of piperazine rings is 1. The van der Waals surface area contributed by atoms with Crippen LogP contribution in [0.3, 0.4) is 0 Å². The Hall–Kier alpha value is -2.11. The number of anilines is 1. The summed E-state index contributed by atoms with van der Waals surface area (Å²) < 4.78 is 11.0. The number of hydrogen-bond acceptors (Lipinski definition) is 4. The molecule has 5 nitrogen and oxygen atoms in total. The van der Waals surface area contributed by atoms with E-state index in [1.807, 2.05) is 24.3 Å². The van der Waals surface area contributed by atoms with Gasteiger partial charge in [-0.3, -0.25) is 4.79 Å². The number of nitrogens with zero attached hydrogens (tertiary/aromatic N) is 2. The topological polar surface area (TPSA) is 42.0 Å². The lowest BCUT2D eigenvalue weighted by Crippen LogP contribution is -2.50. The van der Waals surface area contributed by atoms with E-state index in [-0.39, 0.29) is 12.5 Å². The highest BCUT2D eigenvalue weighted by Gasteiger charge is 2.23. The van der Waals surface area contributed by atoms with Gasteiger partial charge >= 0.3 is 0 Å². The summed E-state index contributed by atoms with van der Waals surface area (Å²) >= 11 is 12.0. The van der Waals surface area contributed by atoms with E-state index in [2.05, 4.69) is 4.90 Å². The summed E-state index contributed by atoms with van der Waals surface area (Å²) in [5, 5.41) is 0.727. The number of methoxy groups -OCH3 is 1. The fourth-order valence-corrected chi connectivity index (χ4v) is 3.26. The second-order valence-corrected chi connectivity index (χ2v) is 6.67. The molecule has 0 saturated carbocycles. The summed E-state index contributed by atoms with van der Waals surface area (Å²) in [5.41, 5.74) is 1.05. The van der Waals surface area contributed by atoms with Crippen molar-refractivity contribution in [2.45, 2.75) is 0 Å². The van der Waals surface area contributed by atoms with Gasteiger partial charge in [-0.15, -0.1) is 0 Å². The molecule has 0 bridgehead atoms. The van der Waals surface area contributed by atoms with E-state index in [9.17, 15) is 4.79 Å². The smallest absolute Gasteiger partial charge is 0.260 e. The Morgan fingerprint density at radius 3 is 2.42 bits per heavy atom. The maximum Gasteiger partial charge on any atom is 0.260 e. The quantitative estimate of drug-likeness (QED) is 0.774. The van der Waals surface area contributed by atoms with Crippen LogP contribution in [0.2, 0.25) is 10.0 Å². The summed E-state index contributed by atoms with van der Waals surface area (Å²) in [6.45, 7) is 2.68. The normalized spacial score (nSPS) is 14.3. The first-order valence-corrected chi connectivity index (χ1v) is 9.08. The van der Waals surface area contributed by atoms with Crippen molar-refractivity contribution in [3.05, 3.63) is 52.5 Å². The second-order valence-electron chi connectivity index (χ2n) is 5.88. The first kappa shape index (κ1) is 18.7. The maximum atomic E-state index is 12.4. The molecule has 0 aliphatic carbocycles. The molecule has 2 aromatic carbocycles.